The standard InChI is InChI=1S/C11H6Br3FOS/c12-5-1-2-6(8(15)3-5)10(16)7-4-9(13)17-11(7)14/h1-4,10,16H. The smallest absolute Gasteiger partial charge is 0.130 e. The van der Waals surface area contributed by atoms with E-state index in [9.17, 15) is 9.50 Å². The van der Waals surface area contributed by atoms with E-state index in [1.54, 1.807) is 18.2 Å². The molecule has 0 saturated carbocycles. The summed E-state index contributed by atoms with van der Waals surface area (Å²) in [5.74, 6) is -0.430. The Hall–Kier alpha value is 0.250. The molecule has 0 aliphatic rings. The van der Waals surface area contributed by atoms with Gasteiger partial charge in [0.15, 0.2) is 0 Å². The summed E-state index contributed by atoms with van der Waals surface area (Å²) in [6.07, 6.45) is -0.972. The summed E-state index contributed by atoms with van der Waals surface area (Å²) in [6.45, 7) is 0. The number of aliphatic hydroxyl groups excluding tert-OH is 1. The Bertz CT molecular complexity index is 556. The van der Waals surface area contributed by atoms with Gasteiger partial charge in [0.2, 0.25) is 0 Å². The van der Waals surface area contributed by atoms with E-state index in [1.807, 2.05) is 0 Å². The van der Waals surface area contributed by atoms with E-state index in [0.717, 1.165) is 7.57 Å². The number of thiophene rings is 1. The van der Waals surface area contributed by atoms with Gasteiger partial charge in [-0.15, -0.1) is 11.3 Å². The van der Waals surface area contributed by atoms with Gasteiger partial charge in [0.05, 0.1) is 7.57 Å². The second-order valence-corrected chi connectivity index (χ2v) is 8.01. The Morgan fingerprint density at radius 1 is 1.12 bits per heavy atom. The van der Waals surface area contributed by atoms with Crippen molar-refractivity contribution in [3.8, 4) is 0 Å². The van der Waals surface area contributed by atoms with Gasteiger partial charge in [0.25, 0.3) is 0 Å². The van der Waals surface area contributed by atoms with Crippen LogP contribution in [0.5, 0.6) is 0 Å². The first kappa shape index (κ1) is 13.7. The van der Waals surface area contributed by atoms with Crippen molar-refractivity contribution in [1.29, 1.82) is 0 Å². The Balaban J connectivity index is 2.43. The molecule has 1 atom stereocenters. The number of rotatable bonds is 2. The molecule has 1 N–H and O–H groups in total. The van der Waals surface area contributed by atoms with Crippen LogP contribution in [-0.4, -0.2) is 5.11 Å². The third-order valence-corrected chi connectivity index (χ3v) is 5.11. The zero-order valence-electron chi connectivity index (χ0n) is 8.25. The van der Waals surface area contributed by atoms with Crippen molar-refractivity contribution in [1.82, 2.24) is 0 Å². The number of hydrogen-bond donors (Lipinski definition) is 1. The molecule has 1 aromatic carbocycles. The van der Waals surface area contributed by atoms with E-state index < -0.39 is 11.9 Å². The van der Waals surface area contributed by atoms with Crippen molar-refractivity contribution in [3.05, 3.63) is 53.3 Å². The van der Waals surface area contributed by atoms with E-state index in [0.29, 0.717) is 10.0 Å². The molecule has 0 fully saturated rings. The van der Waals surface area contributed by atoms with Crippen molar-refractivity contribution >= 4 is 59.1 Å². The second kappa shape index (κ2) is 5.48. The van der Waals surface area contributed by atoms with Crippen molar-refractivity contribution in [2.24, 2.45) is 0 Å². The van der Waals surface area contributed by atoms with Crippen LogP contribution in [0.2, 0.25) is 0 Å². The molecule has 0 radical (unpaired) electrons. The van der Waals surface area contributed by atoms with Crippen molar-refractivity contribution in [2.45, 2.75) is 6.10 Å². The highest BCUT2D eigenvalue weighted by Gasteiger charge is 2.19. The van der Waals surface area contributed by atoms with Gasteiger partial charge in [-0.25, -0.2) is 4.39 Å². The molecular weight excluding hydrogens is 439 g/mol. The molecule has 1 aromatic heterocycles. The molecule has 0 amide bonds. The molecule has 0 aliphatic carbocycles. The maximum absolute atomic E-state index is 13.7. The minimum atomic E-state index is -0.972. The van der Waals surface area contributed by atoms with Crippen LogP contribution in [0.3, 0.4) is 0 Å². The lowest BCUT2D eigenvalue weighted by atomic mass is 10.0. The molecule has 1 unspecified atom stereocenters. The van der Waals surface area contributed by atoms with Gasteiger partial charge in [-0.2, -0.15) is 0 Å². The summed E-state index contributed by atoms with van der Waals surface area (Å²) < 4.78 is 16.0. The van der Waals surface area contributed by atoms with Gasteiger partial charge in [-0.1, -0.05) is 22.0 Å². The third kappa shape index (κ3) is 2.98. The third-order valence-electron chi connectivity index (χ3n) is 2.23. The second-order valence-electron chi connectivity index (χ2n) is 3.35. The fourth-order valence-corrected chi connectivity index (χ4v) is 4.65. The van der Waals surface area contributed by atoms with Crippen LogP contribution in [0.1, 0.15) is 17.2 Å². The molecule has 1 nitrogen and oxygen atoms in total. The predicted molar refractivity (Wildman–Crippen MR) is 77.9 cm³/mol. The van der Waals surface area contributed by atoms with Gasteiger partial charge >= 0.3 is 0 Å². The van der Waals surface area contributed by atoms with Crippen LogP contribution in [0.4, 0.5) is 4.39 Å². The minimum Gasteiger partial charge on any atom is -0.383 e. The maximum Gasteiger partial charge on any atom is 0.130 e. The van der Waals surface area contributed by atoms with Crippen LogP contribution in [0, 0.1) is 5.82 Å². The van der Waals surface area contributed by atoms with Crippen LogP contribution in [0.25, 0.3) is 0 Å². The van der Waals surface area contributed by atoms with Gasteiger partial charge in [-0.3, -0.25) is 0 Å². The Kier molecular flexibility index (Phi) is 4.41. The lowest BCUT2D eigenvalue weighted by Crippen LogP contribution is -2.01. The Morgan fingerprint density at radius 3 is 2.35 bits per heavy atom. The monoisotopic (exact) mass is 442 g/mol. The molecule has 2 rings (SSSR count). The van der Waals surface area contributed by atoms with E-state index in [-0.39, 0.29) is 5.56 Å². The van der Waals surface area contributed by atoms with Gasteiger partial charge in [0.1, 0.15) is 11.9 Å². The summed E-state index contributed by atoms with van der Waals surface area (Å²) in [5, 5.41) is 10.2. The van der Waals surface area contributed by atoms with E-state index >= 15 is 0 Å². The number of aliphatic hydroxyl groups is 1. The van der Waals surface area contributed by atoms with Crippen molar-refractivity contribution < 1.29 is 9.50 Å². The molecule has 6 heteroatoms. The van der Waals surface area contributed by atoms with Crippen molar-refractivity contribution in [2.75, 3.05) is 0 Å². The normalized spacial score (nSPS) is 12.8. The number of benzene rings is 1. The first-order valence-electron chi connectivity index (χ1n) is 4.57. The quantitative estimate of drug-likeness (QED) is 0.670. The minimum absolute atomic E-state index is 0.263. The van der Waals surface area contributed by atoms with E-state index in [1.165, 1.54) is 17.4 Å². The first-order chi connectivity index (χ1) is 7.99. The Morgan fingerprint density at radius 2 is 1.82 bits per heavy atom. The molecule has 2 aromatic rings. The predicted octanol–water partition coefficient (Wildman–Crippen LogP) is 5.26. The molecule has 90 valence electrons. The van der Waals surface area contributed by atoms with E-state index in [2.05, 4.69) is 47.8 Å². The first-order valence-corrected chi connectivity index (χ1v) is 7.76. The topological polar surface area (TPSA) is 20.2 Å². The molecular formula is C11H6Br3FOS. The number of halogens is 4. The molecule has 0 saturated heterocycles. The zero-order chi connectivity index (χ0) is 12.6. The summed E-state index contributed by atoms with van der Waals surface area (Å²) in [7, 11) is 0. The van der Waals surface area contributed by atoms with E-state index in [4.69, 9.17) is 0 Å². The fourth-order valence-electron chi connectivity index (χ4n) is 1.43. The van der Waals surface area contributed by atoms with Crippen molar-refractivity contribution in [3.63, 3.8) is 0 Å². The summed E-state index contributed by atoms with van der Waals surface area (Å²) >= 11 is 11.3. The Labute approximate surface area is 127 Å². The highest BCUT2D eigenvalue weighted by Crippen LogP contribution is 2.38. The lowest BCUT2D eigenvalue weighted by molar-refractivity contribution is 0.214. The summed E-state index contributed by atoms with van der Waals surface area (Å²) in [4.78, 5) is 0. The molecule has 17 heavy (non-hydrogen) atoms. The maximum atomic E-state index is 13.7. The average molecular weight is 445 g/mol. The highest BCUT2D eigenvalue weighted by atomic mass is 79.9. The largest absolute Gasteiger partial charge is 0.383 e. The molecule has 0 bridgehead atoms. The molecule has 0 spiro atoms. The zero-order valence-corrected chi connectivity index (χ0v) is 13.8. The van der Waals surface area contributed by atoms with Gasteiger partial charge in [0, 0.05) is 15.6 Å². The summed E-state index contributed by atoms with van der Waals surface area (Å²) in [5.41, 5.74) is 0.919. The van der Waals surface area contributed by atoms with Crippen LogP contribution in [-0.2, 0) is 0 Å². The molecule has 0 aliphatic heterocycles. The number of hydrogen-bond acceptors (Lipinski definition) is 2. The average Bonchev–Trinajstić information content (AvgIpc) is 2.57. The summed E-state index contributed by atoms with van der Waals surface area (Å²) in [6, 6.07) is 6.40. The van der Waals surface area contributed by atoms with Crippen LogP contribution >= 0.6 is 59.1 Å². The SMILES string of the molecule is OC(c1ccc(Br)cc1F)c1cc(Br)sc1Br. The molecule has 1 heterocycles. The fraction of sp³-hybridized carbons (Fsp3) is 0.0909. The van der Waals surface area contributed by atoms with Crippen LogP contribution in [0.15, 0.2) is 36.3 Å². The van der Waals surface area contributed by atoms with Gasteiger partial charge in [-0.05, 0) is 50.1 Å². The lowest BCUT2D eigenvalue weighted by Gasteiger charge is -2.11. The highest BCUT2D eigenvalue weighted by molar-refractivity contribution is 9.12. The van der Waals surface area contributed by atoms with Crippen LogP contribution < -0.4 is 0 Å². The van der Waals surface area contributed by atoms with Gasteiger partial charge < -0.3 is 5.11 Å².